The molecule has 0 aliphatic heterocycles. The van der Waals surface area contributed by atoms with Crippen LogP contribution in [0.15, 0.2) is 30.3 Å². The van der Waals surface area contributed by atoms with Crippen molar-refractivity contribution in [1.29, 1.82) is 0 Å². The predicted octanol–water partition coefficient (Wildman–Crippen LogP) is 0.816. The lowest BCUT2D eigenvalue weighted by molar-refractivity contribution is -0.148. The number of rotatable bonds is 5. The van der Waals surface area contributed by atoms with Gasteiger partial charge in [0.05, 0.1) is 0 Å². The molecular weight excluding hydrogens is 244 g/mol. The van der Waals surface area contributed by atoms with Crippen molar-refractivity contribution < 1.29 is 23.1 Å². The van der Waals surface area contributed by atoms with E-state index in [0.717, 1.165) is 0 Å². The van der Waals surface area contributed by atoms with Crippen molar-refractivity contribution in [3.63, 3.8) is 0 Å². The average molecular weight is 256 g/mol. The maximum Gasteiger partial charge on any atom is 0.373 e. The molecule has 0 aliphatic rings. The largest absolute Gasteiger partial charge is 0.475 e. The van der Waals surface area contributed by atoms with E-state index in [0.29, 0.717) is 0 Å². The van der Waals surface area contributed by atoms with E-state index in [4.69, 9.17) is 5.11 Å². The number of carbonyl (C=O) groups is 2. The second-order valence-electron chi connectivity index (χ2n) is 3.41. The van der Waals surface area contributed by atoms with E-state index in [1.165, 1.54) is 19.1 Å². The lowest BCUT2D eigenvalue weighted by atomic mass is 10.1. The summed E-state index contributed by atoms with van der Waals surface area (Å²) in [6, 6.07) is 7.63. The molecule has 1 N–H and O–H groups in total. The number of hydrogen-bond acceptors (Lipinski definition) is 4. The molecule has 17 heavy (non-hydrogen) atoms. The molecular formula is C11H12O5S. The fourth-order valence-electron chi connectivity index (χ4n) is 1.43. The number of sulfone groups is 1. The van der Waals surface area contributed by atoms with Crippen molar-refractivity contribution in [3.05, 3.63) is 35.9 Å². The van der Waals surface area contributed by atoms with Crippen molar-refractivity contribution in [2.75, 3.05) is 5.75 Å². The van der Waals surface area contributed by atoms with Crippen LogP contribution >= 0.6 is 0 Å². The van der Waals surface area contributed by atoms with Gasteiger partial charge in [0.25, 0.3) is 5.78 Å². The van der Waals surface area contributed by atoms with Gasteiger partial charge >= 0.3 is 5.97 Å². The van der Waals surface area contributed by atoms with Crippen LogP contribution in [0.1, 0.15) is 17.7 Å². The fourth-order valence-corrected chi connectivity index (χ4v) is 2.76. The molecule has 0 spiro atoms. The molecule has 0 bridgehead atoms. The first kappa shape index (κ1) is 13.4. The minimum atomic E-state index is -3.79. The summed E-state index contributed by atoms with van der Waals surface area (Å²) in [5, 5.41) is 7.04. The first-order valence-corrected chi connectivity index (χ1v) is 6.65. The van der Waals surface area contributed by atoms with Gasteiger partial charge in [-0.1, -0.05) is 37.3 Å². The number of ketones is 1. The highest BCUT2D eigenvalue weighted by atomic mass is 32.2. The van der Waals surface area contributed by atoms with Crippen LogP contribution in [-0.2, 0) is 19.4 Å². The molecule has 6 heteroatoms. The minimum Gasteiger partial charge on any atom is -0.475 e. The Hall–Kier alpha value is -1.69. The van der Waals surface area contributed by atoms with Crippen LogP contribution in [0, 0.1) is 0 Å². The van der Waals surface area contributed by atoms with Gasteiger partial charge in [-0.2, -0.15) is 0 Å². The van der Waals surface area contributed by atoms with E-state index in [1.807, 2.05) is 0 Å². The number of carboxylic acids is 1. The number of carboxylic acid groups (broad SMARTS) is 1. The highest BCUT2D eigenvalue weighted by Gasteiger charge is 2.36. The van der Waals surface area contributed by atoms with Crippen LogP contribution in [0.3, 0.4) is 0 Å². The molecule has 0 heterocycles. The summed E-state index contributed by atoms with van der Waals surface area (Å²) in [4.78, 5) is 22.1. The molecule has 0 fully saturated rings. The molecule has 5 nitrogen and oxygen atoms in total. The van der Waals surface area contributed by atoms with E-state index < -0.39 is 26.8 Å². The molecule has 0 amide bonds. The first-order chi connectivity index (χ1) is 7.90. The Balaban J connectivity index is 3.32. The molecule has 0 aromatic heterocycles. The van der Waals surface area contributed by atoms with Crippen molar-refractivity contribution >= 4 is 21.6 Å². The molecule has 0 saturated heterocycles. The van der Waals surface area contributed by atoms with Crippen molar-refractivity contribution in [1.82, 2.24) is 0 Å². The average Bonchev–Trinajstić information content (AvgIpc) is 2.30. The molecule has 0 saturated carbocycles. The summed E-state index contributed by atoms with van der Waals surface area (Å²) in [6.45, 7) is 1.38. The molecule has 1 atom stereocenters. The molecule has 92 valence electrons. The standard InChI is InChI=1S/C11H12O5S/c1-2-17(15,16)10(9(12)11(13)14)8-6-4-3-5-7-8/h3-7,10H,2H2,1H3,(H,13,14). The third-order valence-corrected chi connectivity index (χ3v) is 4.32. The van der Waals surface area contributed by atoms with Gasteiger partial charge in [0.2, 0.25) is 0 Å². The Morgan fingerprint density at radius 1 is 1.24 bits per heavy atom. The normalized spacial score (nSPS) is 13.0. The Morgan fingerprint density at radius 2 is 1.76 bits per heavy atom. The zero-order valence-corrected chi connectivity index (χ0v) is 9.98. The minimum absolute atomic E-state index is 0.182. The Labute approximate surface area is 99.0 Å². The van der Waals surface area contributed by atoms with Gasteiger partial charge < -0.3 is 5.11 Å². The molecule has 1 aromatic rings. The zero-order valence-electron chi connectivity index (χ0n) is 9.16. The highest BCUT2D eigenvalue weighted by molar-refractivity contribution is 7.92. The molecule has 1 unspecified atom stereocenters. The third-order valence-electron chi connectivity index (χ3n) is 2.31. The Bertz CT molecular complexity index is 518. The summed E-state index contributed by atoms with van der Waals surface area (Å²) in [5.74, 6) is -3.35. The summed E-state index contributed by atoms with van der Waals surface area (Å²) in [5.41, 5.74) is 0.182. The quantitative estimate of drug-likeness (QED) is 0.788. The van der Waals surface area contributed by atoms with Crippen LogP contribution < -0.4 is 0 Å². The van der Waals surface area contributed by atoms with E-state index >= 15 is 0 Å². The van der Waals surface area contributed by atoms with Crippen LogP contribution in [0.25, 0.3) is 0 Å². The van der Waals surface area contributed by atoms with Gasteiger partial charge in [-0.3, -0.25) is 4.79 Å². The number of aliphatic carboxylic acids is 1. The SMILES string of the molecule is CCS(=O)(=O)C(C(=O)C(=O)O)c1ccccc1. The smallest absolute Gasteiger partial charge is 0.373 e. The van der Waals surface area contributed by atoms with Gasteiger partial charge in [-0.25, -0.2) is 13.2 Å². The predicted molar refractivity (Wildman–Crippen MR) is 61.3 cm³/mol. The Morgan fingerprint density at radius 3 is 2.18 bits per heavy atom. The van der Waals surface area contributed by atoms with Crippen LogP contribution in [-0.4, -0.2) is 31.0 Å². The lowest BCUT2D eigenvalue weighted by Crippen LogP contribution is -2.29. The number of benzene rings is 1. The van der Waals surface area contributed by atoms with Gasteiger partial charge in [-0.05, 0) is 5.56 Å². The fraction of sp³-hybridized carbons (Fsp3) is 0.273. The van der Waals surface area contributed by atoms with E-state index in [2.05, 4.69) is 0 Å². The number of hydrogen-bond donors (Lipinski definition) is 1. The van der Waals surface area contributed by atoms with Crippen LogP contribution in [0.5, 0.6) is 0 Å². The van der Waals surface area contributed by atoms with Gasteiger partial charge in [-0.15, -0.1) is 0 Å². The van der Waals surface area contributed by atoms with Crippen LogP contribution in [0.4, 0.5) is 0 Å². The van der Waals surface area contributed by atoms with Crippen molar-refractivity contribution in [2.45, 2.75) is 12.2 Å². The maximum absolute atomic E-state index is 11.8. The van der Waals surface area contributed by atoms with E-state index in [1.54, 1.807) is 18.2 Å². The van der Waals surface area contributed by atoms with Gasteiger partial charge in [0.1, 0.15) is 0 Å². The second-order valence-corrected chi connectivity index (χ2v) is 5.79. The molecule has 0 radical (unpaired) electrons. The third kappa shape index (κ3) is 2.91. The lowest BCUT2D eigenvalue weighted by Gasteiger charge is -2.13. The number of Topliss-reactive ketones (excluding diaryl/α,β-unsaturated/α-hetero) is 1. The van der Waals surface area contributed by atoms with Gasteiger partial charge in [0.15, 0.2) is 15.1 Å². The van der Waals surface area contributed by atoms with Gasteiger partial charge in [0, 0.05) is 5.75 Å². The van der Waals surface area contributed by atoms with Crippen molar-refractivity contribution in [2.24, 2.45) is 0 Å². The summed E-state index contributed by atoms with van der Waals surface area (Å²) in [7, 11) is -3.79. The van der Waals surface area contributed by atoms with E-state index in [9.17, 15) is 18.0 Å². The zero-order chi connectivity index (χ0) is 13.1. The first-order valence-electron chi connectivity index (χ1n) is 4.93. The maximum atomic E-state index is 11.8. The molecule has 1 rings (SSSR count). The highest BCUT2D eigenvalue weighted by Crippen LogP contribution is 2.24. The molecule has 1 aromatic carbocycles. The monoisotopic (exact) mass is 256 g/mol. The summed E-state index contributed by atoms with van der Waals surface area (Å²) in [6.07, 6.45) is 0. The number of carbonyl (C=O) groups excluding carboxylic acids is 1. The topological polar surface area (TPSA) is 88.5 Å². The summed E-state index contributed by atoms with van der Waals surface area (Å²) >= 11 is 0. The van der Waals surface area contributed by atoms with E-state index in [-0.39, 0.29) is 11.3 Å². The van der Waals surface area contributed by atoms with Crippen LogP contribution in [0.2, 0.25) is 0 Å². The Kier molecular flexibility index (Phi) is 4.01. The molecule has 0 aliphatic carbocycles. The van der Waals surface area contributed by atoms with Crippen molar-refractivity contribution in [3.8, 4) is 0 Å². The second kappa shape index (κ2) is 5.09. The summed E-state index contributed by atoms with van der Waals surface area (Å²) < 4.78 is 23.5.